The summed E-state index contributed by atoms with van der Waals surface area (Å²) in [5.41, 5.74) is 3.48. The maximum atomic E-state index is 12.5. The average Bonchev–Trinajstić information content (AvgIpc) is 2.85. The van der Waals surface area contributed by atoms with Crippen molar-refractivity contribution in [3.8, 4) is 0 Å². The van der Waals surface area contributed by atoms with Crippen LogP contribution in [0, 0.1) is 0 Å². The maximum Gasteiger partial charge on any atom is 0.255 e. The maximum absolute atomic E-state index is 12.5. The van der Waals surface area contributed by atoms with Gasteiger partial charge in [0.25, 0.3) is 11.8 Å². The number of aromatic nitrogens is 1. The first-order valence-corrected chi connectivity index (χ1v) is 11.3. The molecule has 0 radical (unpaired) electrons. The number of nitrogens with zero attached hydrogens (tertiary/aromatic N) is 2. The lowest BCUT2D eigenvalue weighted by Crippen LogP contribution is -2.29. The van der Waals surface area contributed by atoms with Gasteiger partial charge < -0.3 is 20.9 Å². The molecule has 33 heavy (non-hydrogen) atoms. The van der Waals surface area contributed by atoms with Gasteiger partial charge in [0.2, 0.25) is 0 Å². The van der Waals surface area contributed by atoms with Gasteiger partial charge in [0, 0.05) is 47.1 Å². The Labute approximate surface area is 195 Å². The fourth-order valence-corrected chi connectivity index (χ4v) is 3.39. The van der Waals surface area contributed by atoms with Gasteiger partial charge in [-0.25, -0.2) is 0 Å². The second kappa shape index (κ2) is 12.4. The topological polar surface area (TPSA) is 86.4 Å². The minimum Gasteiger partial charge on any atom is -0.356 e. The Balaban J connectivity index is 1.53. The predicted octanol–water partition coefficient (Wildman–Crippen LogP) is 4.54. The van der Waals surface area contributed by atoms with Crippen LogP contribution in [0.1, 0.15) is 41.0 Å². The normalized spacial score (nSPS) is 10.6. The van der Waals surface area contributed by atoms with Gasteiger partial charge in [-0.2, -0.15) is 0 Å². The number of hydrogen-bond donors (Lipinski definition) is 3. The lowest BCUT2D eigenvalue weighted by atomic mass is 10.1. The van der Waals surface area contributed by atoms with E-state index in [4.69, 9.17) is 0 Å². The van der Waals surface area contributed by atoms with Crippen molar-refractivity contribution >= 4 is 28.9 Å². The molecule has 7 heteroatoms. The van der Waals surface area contributed by atoms with Crippen molar-refractivity contribution in [2.45, 2.75) is 20.3 Å². The molecule has 0 saturated carbocycles. The fraction of sp³-hybridized carbons (Fsp3) is 0.269. The average molecular weight is 446 g/mol. The van der Waals surface area contributed by atoms with Crippen LogP contribution >= 0.6 is 0 Å². The Morgan fingerprint density at radius 1 is 0.818 bits per heavy atom. The molecule has 0 spiro atoms. The van der Waals surface area contributed by atoms with Crippen LogP contribution in [0.5, 0.6) is 0 Å². The molecule has 7 nitrogen and oxygen atoms in total. The summed E-state index contributed by atoms with van der Waals surface area (Å²) >= 11 is 0. The second-order valence-corrected chi connectivity index (χ2v) is 7.61. The van der Waals surface area contributed by atoms with Crippen molar-refractivity contribution in [2.24, 2.45) is 0 Å². The van der Waals surface area contributed by atoms with Crippen molar-refractivity contribution in [2.75, 3.05) is 36.8 Å². The molecule has 0 bridgehead atoms. The molecule has 0 aliphatic heterocycles. The molecule has 172 valence electrons. The van der Waals surface area contributed by atoms with Gasteiger partial charge in [-0.15, -0.1) is 0 Å². The molecule has 0 unspecified atom stereocenters. The van der Waals surface area contributed by atoms with Gasteiger partial charge in [0.1, 0.15) is 0 Å². The third-order valence-electron chi connectivity index (χ3n) is 5.33. The molecule has 0 aliphatic carbocycles. The van der Waals surface area contributed by atoms with E-state index in [0.29, 0.717) is 23.4 Å². The lowest BCUT2D eigenvalue weighted by molar-refractivity contribution is 0.0951. The first-order valence-electron chi connectivity index (χ1n) is 11.3. The van der Waals surface area contributed by atoms with E-state index in [-0.39, 0.29) is 11.8 Å². The number of nitrogens with one attached hydrogen (secondary N) is 3. The van der Waals surface area contributed by atoms with Crippen LogP contribution in [0.3, 0.4) is 0 Å². The first kappa shape index (κ1) is 23.9. The van der Waals surface area contributed by atoms with Crippen LogP contribution in [0.2, 0.25) is 0 Å². The summed E-state index contributed by atoms with van der Waals surface area (Å²) in [5.74, 6) is -0.270. The Morgan fingerprint density at radius 2 is 1.55 bits per heavy atom. The number of amides is 2. The van der Waals surface area contributed by atoms with Crippen molar-refractivity contribution in [3.05, 3.63) is 84.2 Å². The van der Waals surface area contributed by atoms with Crippen LogP contribution in [0.15, 0.2) is 73.1 Å². The molecule has 0 fully saturated rings. The Hall–Kier alpha value is -3.71. The highest BCUT2D eigenvalue weighted by molar-refractivity contribution is 6.04. The number of carbonyl (C=O) groups excluding carboxylic acids is 2. The summed E-state index contributed by atoms with van der Waals surface area (Å²) in [6.45, 7) is 7.96. The monoisotopic (exact) mass is 445 g/mol. The molecular weight excluding hydrogens is 414 g/mol. The molecule has 2 aromatic carbocycles. The summed E-state index contributed by atoms with van der Waals surface area (Å²) in [4.78, 5) is 31.2. The highest BCUT2D eigenvalue weighted by Gasteiger charge is 2.08. The summed E-state index contributed by atoms with van der Waals surface area (Å²) in [6.07, 6.45) is 4.18. The SMILES string of the molecule is CCN(CC)CCCNC(=O)c1cccc(Nc2ccc(C(=O)Nc3ccncc3)cc2)c1. The number of anilines is 3. The minimum absolute atomic E-state index is 0.0821. The minimum atomic E-state index is -0.188. The van der Waals surface area contributed by atoms with E-state index >= 15 is 0 Å². The van der Waals surface area contributed by atoms with Crippen LogP contribution in [-0.4, -0.2) is 47.9 Å². The zero-order valence-corrected chi connectivity index (χ0v) is 19.2. The van der Waals surface area contributed by atoms with Gasteiger partial charge in [-0.3, -0.25) is 14.6 Å². The van der Waals surface area contributed by atoms with E-state index in [1.807, 2.05) is 30.3 Å². The van der Waals surface area contributed by atoms with Gasteiger partial charge in [0.05, 0.1) is 0 Å². The van der Waals surface area contributed by atoms with Gasteiger partial charge >= 0.3 is 0 Å². The number of rotatable bonds is 11. The van der Waals surface area contributed by atoms with E-state index < -0.39 is 0 Å². The molecule has 0 saturated heterocycles. The van der Waals surface area contributed by atoms with E-state index in [1.54, 1.807) is 42.7 Å². The van der Waals surface area contributed by atoms with Crippen LogP contribution < -0.4 is 16.0 Å². The van der Waals surface area contributed by atoms with E-state index in [9.17, 15) is 9.59 Å². The summed E-state index contributed by atoms with van der Waals surface area (Å²) in [5, 5.41) is 9.11. The Bertz CT molecular complexity index is 1030. The van der Waals surface area contributed by atoms with Crippen molar-refractivity contribution in [1.29, 1.82) is 0 Å². The molecule has 3 rings (SSSR count). The van der Waals surface area contributed by atoms with Crippen molar-refractivity contribution < 1.29 is 9.59 Å². The standard InChI is InChI=1S/C26H31N5O2/c1-3-31(4-2)18-6-15-28-25(32)21-7-5-8-24(19-21)29-22-11-9-20(10-12-22)26(33)30-23-13-16-27-17-14-23/h5,7-14,16-17,19,29H,3-4,6,15,18H2,1-2H3,(H,28,32)(H,27,30,33). The summed E-state index contributed by atoms with van der Waals surface area (Å²) < 4.78 is 0. The molecule has 3 aromatic rings. The van der Waals surface area contributed by atoms with E-state index in [2.05, 4.69) is 39.7 Å². The third kappa shape index (κ3) is 7.43. The number of pyridine rings is 1. The molecule has 1 heterocycles. The van der Waals surface area contributed by atoms with Crippen molar-refractivity contribution in [1.82, 2.24) is 15.2 Å². The largest absolute Gasteiger partial charge is 0.356 e. The molecule has 1 aromatic heterocycles. The van der Waals surface area contributed by atoms with Crippen LogP contribution in [0.4, 0.5) is 17.1 Å². The van der Waals surface area contributed by atoms with Gasteiger partial charge in [-0.1, -0.05) is 19.9 Å². The summed E-state index contributed by atoms with van der Waals surface area (Å²) in [7, 11) is 0. The van der Waals surface area contributed by atoms with E-state index in [1.165, 1.54) is 0 Å². The van der Waals surface area contributed by atoms with Crippen molar-refractivity contribution in [3.63, 3.8) is 0 Å². The highest BCUT2D eigenvalue weighted by Crippen LogP contribution is 2.19. The highest BCUT2D eigenvalue weighted by atomic mass is 16.2. The van der Waals surface area contributed by atoms with Gasteiger partial charge in [-0.05, 0) is 80.7 Å². The number of hydrogen-bond acceptors (Lipinski definition) is 5. The Morgan fingerprint density at radius 3 is 2.24 bits per heavy atom. The first-order chi connectivity index (χ1) is 16.1. The molecule has 0 aliphatic rings. The smallest absolute Gasteiger partial charge is 0.255 e. The lowest BCUT2D eigenvalue weighted by Gasteiger charge is -2.17. The molecule has 3 N–H and O–H groups in total. The van der Waals surface area contributed by atoms with E-state index in [0.717, 1.165) is 37.4 Å². The Kier molecular flexibility index (Phi) is 8.97. The molecule has 2 amide bonds. The fourth-order valence-electron chi connectivity index (χ4n) is 3.39. The molecule has 0 atom stereocenters. The third-order valence-corrected chi connectivity index (χ3v) is 5.33. The zero-order valence-electron chi connectivity index (χ0n) is 19.2. The van der Waals surface area contributed by atoms with Crippen LogP contribution in [-0.2, 0) is 0 Å². The molecular formula is C26H31N5O2. The van der Waals surface area contributed by atoms with Gasteiger partial charge in [0.15, 0.2) is 0 Å². The summed E-state index contributed by atoms with van der Waals surface area (Å²) in [6, 6.07) is 18.0. The quantitative estimate of drug-likeness (QED) is 0.377. The second-order valence-electron chi connectivity index (χ2n) is 7.61. The number of carbonyl (C=O) groups is 2. The predicted molar refractivity (Wildman–Crippen MR) is 133 cm³/mol. The zero-order chi connectivity index (χ0) is 23.5. The van der Waals surface area contributed by atoms with Crippen LogP contribution in [0.25, 0.3) is 0 Å². The number of benzene rings is 2.